The number of amides is 1. The van der Waals surface area contributed by atoms with Gasteiger partial charge in [0.2, 0.25) is 0 Å². The zero-order valence-corrected chi connectivity index (χ0v) is 11.5. The fourth-order valence-corrected chi connectivity index (χ4v) is 2.67. The second-order valence-electron chi connectivity index (χ2n) is 5.24. The Morgan fingerprint density at radius 2 is 2.14 bits per heavy atom. The van der Waals surface area contributed by atoms with Gasteiger partial charge >= 0.3 is 6.18 Å². The van der Waals surface area contributed by atoms with E-state index in [1.54, 1.807) is 11.0 Å². The predicted octanol–water partition coefficient (Wildman–Crippen LogP) is 3.32. The monoisotopic (exact) mass is 310 g/mol. The van der Waals surface area contributed by atoms with Crippen molar-refractivity contribution in [2.75, 3.05) is 13.1 Å². The second kappa shape index (κ2) is 5.47. The molecule has 7 heteroatoms. The van der Waals surface area contributed by atoms with Crippen LogP contribution in [-0.4, -0.2) is 29.1 Å². The molecule has 0 saturated carbocycles. The van der Waals surface area contributed by atoms with Crippen LogP contribution < -0.4 is 0 Å². The maximum Gasteiger partial charge on any atom is 0.416 e. The topological polar surface area (TPSA) is 46.3 Å². The Morgan fingerprint density at radius 3 is 2.82 bits per heavy atom. The van der Waals surface area contributed by atoms with Gasteiger partial charge in [-0.05, 0) is 18.1 Å². The first-order chi connectivity index (χ1) is 10.4. The lowest BCUT2D eigenvalue weighted by Gasteiger charge is -2.16. The largest absolute Gasteiger partial charge is 0.416 e. The number of benzene rings is 1. The Bertz CT molecular complexity index is 668. The maximum atomic E-state index is 12.8. The zero-order chi connectivity index (χ0) is 15.7. The highest BCUT2D eigenvalue weighted by Crippen LogP contribution is 2.34. The molecule has 1 amide bonds. The minimum absolute atomic E-state index is 0.0989. The Hall–Kier alpha value is -2.31. The molecule has 0 bridgehead atoms. The third kappa shape index (κ3) is 2.84. The fourth-order valence-electron chi connectivity index (χ4n) is 2.67. The van der Waals surface area contributed by atoms with Crippen LogP contribution in [0.25, 0.3) is 0 Å². The molecule has 0 N–H and O–H groups in total. The number of hydrogen-bond acceptors (Lipinski definition) is 3. The van der Waals surface area contributed by atoms with Crippen LogP contribution >= 0.6 is 0 Å². The summed E-state index contributed by atoms with van der Waals surface area (Å²) in [6, 6.07) is 6.76. The van der Waals surface area contributed by atoms with Gasteiger partial charge in [0.05, 0.1) is 5.56 Å². The standard InChI is InChI=1S/C15H13F3N2O2/c16-15(17,18)12-3-1-2-10(8-12)11-4-6-20(9-11)14(21)13-5-7-22-19-13/h1-3,5,7-8,11H,4,6,9H2/t11-/m0/s1. The van der Waals surface area contributed by atoms with E-state index < -0.39 is 11.7 Å². The SMILES string of the molecule is O=C(c1ccon1)N1CC[C@H](c2cccc(C(F)(F)F)c2)C1. The van der Waals surface area contributed by atoms with Crippen molar-refractivity contribution in [3.8, 4) is 0 Å². The number of carbonyl (C=O) groups is 1. The van der Waals surface area contributed by atoms with Crippen molar-refractivity contribution in [1.82, 2.24) is 10.1 Å². The molecule has 0 spiro atoms. The average molecular weight is 310 g/mol. The first kappa shape index (κ1) is 14.6. The van der Waals surface area contributed by atoms with Crippen LogP contribution in [0.1, 0.15) is 34.0 Å². The molecule has 0 unspecified atom stereocenters. The Balaban J connectivity index is 1.74. The van der Waals surface area contributed by atoms with Gasteiger partial charge in [-0.1, -0.05) is 23.4 Å². The maximum absolute atomic E-state index is 12.8. The molecule has 1 aromatic carbocycles. The number of hydrogen-bond donors (Lipinski definition) is 0. The van der Waals surface area contributed by atoms with Gasteiger partial charge in [-0.2, -0.15) is 13.2 Å². The van der Waals surface area contributed by atoms with Gasteiger partial charge in [-0.25, -0.2) is 0 Å². The molecule has 1 saturated heterocycles. The number of carbonyl (C=O) groups excluding carboxylic acids is 1. The van der Waals surface area contributed by atoms with E-state index in [1.807, 2.05) is 0 Å². The summed E-state index contributed by atoms with van der Waals surface area (Å²) in [5.74, 6) is -0.360. The van der Waals surface area contributed by atoms with E-state index in [4.69, 9.17) is 0 Å². The average Bonchev–Trinajstić information content (AvgIpc) is 3.17. The molecule has 116 valence electrons. The molecule has 1 atom stereocenters. The van der Waals surface area contributed by atoms with Crippen molar-refractivity contribution >= 4 is 5.91 Å². The molecule has 2 heterocycles. The van der Waals surface area contributed by atoms with Crippen LogP contribution in [0, 0.1) is 0 Å². The lowest BCUT2D eigenvalue weighted by atomic mass is 9.96. The highest BCUT2D eigenvalue weighted by molar-refractivity contribution is 5.92. The van der Waals surface area contributed by atoms with Gasteiger partial charge < -0.3 is 9.42 Å². The van der Waals surface area contributed by atoms with Crippen molar-refractivity contribution in [3.63, 3.8) is 0 Å². The molecule has 0 radical (unpaired) electrons. The fraction of sp³-hybridized carbons (Fsp3) is 0.333. The quantitative estimate of drug-likeness (QED) is 0.855. The summed E-state index contributed by atoms with van der Waals surface area (Å²) in [5, 5.41) is 3.59. The molecule has 1 aromatic heterocycles. The molecular weight excluding hydrogens is 297 g/mol. The summed E-state index contributed by atoms with van der Waals surface area (Å²) < 4.78 is 42.9. The molecule has 0 aliphatic carbocycles. The van der Waals surface area contributed by atoms with E-state index in [2.05, 4.69) is 9.68 Å². The highest BCUT2D eigenvalue weighted by Gasteiger charge is 2.33. The summed E-state index contributed by atoms with van der Waals surface area (Å²) in [6.45, 7) is 0.875. The lowest BCUT2D eigenvalue weighted by molar-refractivity contribution is -0.137. The van der Waals surface area contributed by atoms with Crippen LogP contribution in [0.4, 0.5) is 13.2 Å². The zero-order valence-electron chi connectivity index (χ0n) is 11.5. The third-order valence-electron chi connectivity index (χ3n) is 3.82. The number of halogens is 3. The van der Waals surface area contributed by atoms with Crippen molar-refractivity contribution in [1.29, 1.82) is 0 Å². The van der Waals surface area contributed by atoms with Crippen LogP contribution in [0.3, 0.4) is 0 Å². The van der Waals surface area contributed by atoms with E-state index in [9.17, 15) is 18.0 Å². The van der Waals surface area contributed by atoms with Crippen molar-refractivity contribution in [2.24, 2.45) is 0 Å². The normalized spacial score (nSPS) is 18.7. The van der Waals surface area contributed by atoms with Crippen LogP contribution in [0.2, 0.25) is 0 Å². The van der Waals surface area contributed by atoms with E-state index in [-0.39, 0.29) is 17.5 Å². The van der Waals surface area contributed by atoms with Crippen molar-refractivity contribution in [3.05, 3.63) is 53.4 Å². The number of rotatable bonds is 2. The van der Waals surface area contributed by atoms with Gasteiger partial charge in [-0.3, -0.25) is 4.79 Å². The van der Waals surface area contributed by atoms with E-state index >= 15 is 0 Å². The lowest BCUT2D eigenvalue weighted by Crippen LogP contribution is -2.28. The van der Waals surface area contributed by atoms with Gasteiger partial charge in [0.15, 0.2) is 5.69 Å². The Morgan fingerprint density at radius 1 is 1.32 bits per heavy atom. The van der Waals surface area contributed by atoms with Gasteiger partial charge in [0.1, 0.15) is 6.26 Å². The first-order valence-electron chi connectivity index (χ1n) is 6.82. The third-order valence-corrected chi connectivity index (χ3v) is 3.82. The second-order valence-corrected chi connectivity index (χ2v) is 5.24. The van der Waals surface area contributed by atoms with Gasteiger partial charge in [0.25, 0.3) is 5.91 Å². The summed E-state index contributed by atoms with van der Waals surface area (Å²) in [4.78, 5) is 13.7. The van der Waals surface area contributed by atoms with E-state index in [0.29, 0.717) is 25.1 Å². The summed E-state index contributed by atoms with van der Waals surface area (Å²) in [5.41, 5.74) is 0.154. The smallest absolute Gasteiger partial charge is 0.364 e. The van der Waals surface area contributed by atoms with Gasteiger partial charge in [0, 0.05) is 25.1 Å². The highest BCUT2D eigenvalue weighted by atomic mass is 19.4. The summed E-state index contributed by atoms with van der Waals surface area (Å²) in [7, 11) is 0. The molecule has 2 aromatic rings. The minimum Gasteiger partial charge on any atom is -0.364 e. The number of likely N-dealkylation sites (tertiary alicyclic amines) is 1. The van der Waals surface area contributed by atoms with Crippen molar-refractivity contribution < 1.29 is 22.5 Å². The molecule has 1 fully saturated rings. The molecular formula is C15H13F3N2O2. The Labute approximate surface area is 124 Å². The van der Waals surface area contributed by atoms with Gasteiger partial charge in [-0.15, -0.1) is 0 Å². The number of aromatic nitrogens is 1. The van der Waals surface area contributed by atoms with E-state index in [0.717, 1.165) is 12.1 Å². The minimum atomic E-state index is -4.36. The molecule has 22 heavy (non-hydrogen) atoms. The van der Waals surface area contributed by atoms with Crippen molar-refractivity contribution in [2.45, 2.75) is 18.5 Å². The van der Waals surface area contributed by atoms with E-state index in [1.165, 1.54) is 18.4 Å². The predicted molar refractivity (Wildman–Crippen MR) is 71.2 cm³/mol. The van der Waals surface area contributed by atoms with Crippen LogP contribution in [0.15, 0.2) is 41.1 Å². The Kier molecular flexibility index (Phi) is 3.64. The number of alkyl halides is 3. The summed E-state index contributed by atoms with van der Waals surface area (Å²) >= 11 is 0. The first-order valence-corrected chi connectivity index (χ1v) is 6.82. The molecule has 1 aliphatic heterocycles. The molecule has 4 nitrogen and oxygen atoms in total. The number of nitrogens with zero attached hydrogens (tertiary/aromatic N) is 2. The molecule has 3 rings (SSSR count). The van der Waals surface area contributed by atoms with Crippen LogP contribution in [0.5, 0.6) is 0 Å². The van der Waals surface area contributed by atoms with Crippen LogP contribution in [-0.2, 0) is 6.18 Å². The summed E-state index contributed by atoms with van der Waals surface area (Å²) in [6.07, 6.45) is -2.41. The molecule has 1 aliphatic rings.